The third kappa shape index (κ3) is 1.33. The molecule has 0 spiro atoms. The summed E-state index contributed by atoms with van der Waals surface area (Å²) < 4.78 is 4.83. The molecule has 38 valence electrons. The molecule has 0 aromatic carbocycles. The molecule has 3 heteroatoms. The van der Waals surface area contributed by atoms with E-state index < -0.39 is 0 Å². The van der Waals surface area contributed by atoms with Crippen LogP contribution in [0.15, 0.2) is 0 Å². The van der Waals surface area contributed by atoms with Crippen molar-refractivity contribution in [1.82, 2.24) is 5.32 Å². The lowest BCUT2D eigenvalue weighted by molar-refractivity contribution is 0.194. The van der Waals surface area contributed by atoms with Gasteiger partial charge < -0.3 is 4.74 Å². The zero-order valence-electron chi connectivity index (χ0n) is 3.44. The maximum atomic E-state index is 4.83. The second kappa shape index (κ2) is 3.06. The highest BCUT2D eigenvalue weighted by Crippen LogP contribution is 1.75. The summed E-state index contributed by atoms with van der Waals surface area (Å²) in [6.07, 6.45) is 0. The van der Waals surface area contributed by atoms with Crippen molar-refractivity contribution in [2.24, 2.45) is 0 Å². The Hall–Kier alpha value is -0.150. The largest absolute Gasteiger partial charge is 0.365 e. The summed E-state index contributed by atoms with van der Waals surface area (Å²) in [4.78, 5) is 0. The first kappa shape index (κ1) is 5.85. The van der Waals surface area contributed by atoms with Gasteiger partial charge >= 0.3 is 0 Å². The molecule has 6 heavy (non-hydrogen) atoms. The van der Waals surface area contributed by atoms with Gasteiger partial charge in [0.1, 0.15) is 0 Å². The van der Waals surface area contributed by atoms with Crippen LogP contribution in [0, 0.1) is 0 Å². The minimum Gasteiger partial charge on any atom is -0.365 e. The Morgan fingerprint density at radius 3 is 2.50 bits per heavy atom. The van der Waals surface area contributed by atoms with Crippen LogP contribution >= 0.6 is 0 Å². The van der Waals surface area contributed by atoms with Crippen molar-refractivity contribution < 1.29 is 9.44 Å². The zero-order valence-corrected chi connectivity index (χ0v) is 3.44. The van der Waals surface area contributed by atoms with Gasteiger partial charge in [0.25, 0.3) is 0 Å². The van der Waals surface area contributed by atoms with Crippen molar-refractivity contribution in [2.75, 3.05) is 19.9 Å². The Bertz CT molecular complexity index is 22.4. The van der Waals surface area contributed by atoms with Gasteiger partial charge in [-0.1, -0.05) is 0 Å². The average Bonchev–Trinajstić information content (AvgIpc) is 1.76. The van der Waals surface area contributed by atoms with E-state index in [2.05, 4.69) is 5.32 Å². The van der Waals surface area contributed by atoms with Gasteiger partial charge in [-0.25, -0.2) is 0 Å². The monoisotopic (exact) mass is 93.1 g/mol. The van der Waals surface area contributed by atoms with Crippen LogP contribution in [-0.4, -0.2) is 19.9 Å². The summed E-state index contributed by atoms with van der Waals surface area (Å²) in [5, 5.41) is 3.00. The molecule has 0 aliphatic carbocycles. The molecule has 1 N–H and O–H groups in total. The lowest BCUT2D eigenvalue weighted by Gasteiger charge is -1.76. The third-order valence-electron chi connectivity index (χ3n) is 0.627. The zero-order chi connectivity index (χ0) is 3.54. The molecule has 0 bridgehead atoms. The number of hydrogen-bond acceptors (Lipinski definition) is 2. The smallest absolute Gasteiger partial charge is 0.0966 e. The van der Waals surface area contributed by atoms with E-state index in [1.165, 1.54) is 0 Å². The fraction of sp³-hybridized carbons (Fsp3) is 1.00. The molecular weight excluding hydrogens is 85.0 g/mol. The Balaban J connectivity index is 0.000000250. The highest BCUT2D eigenvalue weighted by molar-refractivity contribution is 4.43. The molecule has 1 aliphatic heterocycles. The van der Waals surface area contributed by atoms with Crippen molar-refractivity contribution in [2.45, 2.75) is 0 Å². The van der Waals surface area contributed by atoms with E-state index >= 15 is 0 Å². The highest BCUT2D eigenvalue weighted by Gasteiger charge is 1.92. The van der Waals surface area contributed by atoms with Crippen LogP contribution in [0.1, 0.15) is 0 Å². The molecule has 0 amide bonds. The van der Waals surface area contributed by atoms with E-state index in [0.717, 1.165) is 19.9 Å². The highest BCUT2D eigenvalue weighted by atomic mass is 19.0. The van der Waals surface area contributed by atoms with Crippen molar-refractivity contribution in [3.8, 4) is 0 Å². The average molecular weight is 93.1 g/mol. The molecule has 2 nitrogen and oxygen atoms in total. The topological polar surface area (TPSA) is 21.3 Å². The number of hydrogen-bond donors (Lipinski definition) is 1. The Morgan fingerprint density at radius 1 is 1.50 bits per heavy atom. The van der Waals surface area contributed by atoms with Crippen molar-refractivity contribution in [3.05, 3.63) is 0 Å². The van der Waals surface area contributed by atoms with E-state index in [9.17, 15) is 0 Å². The summed E-state index contributed by atoms with van der Waals surface area (Å²) in [7, 11) is 0. The molecule has 0 radical (unpaired) electrons. The number of nitrogens with one attached hydrogen (secondary N) is 1. The van der Waals surface area contributed by atoms with E-state index in [-0.39, 0.29) is 4.70 Å². The molecule has 0 aromatic rings. The van der Waals surface area contributed by atoms with Gasteiger partial charge in [0.15, 0.2) is 0 Å². The molecule has 1 heterocycles. The Labute approximate surface area is 35.9 Å². The summed E-state index contributed by atoms with van der Waals surface area (Å²) in [6, 6.07) is 0. The van der Waals surface area contributed by atoms with Gasteiger partial charge in [-0.05, 0) is 0 Å². The van der Waals surface area contributed by atoms with Gasteiger partial charge in [0.2, 0.25) is 0 Å². The molecule has 1 rings (SSSR count). The van der Waals surface area contributed by atoms with Crippen molar-refractivity contribution in [1.29, 1.82) is 0 Å². The van der Waals surface area contributed by atoms with Crippen molar-refractivity contribution >= 4 is 0 Å². The maximum absolute atomic E-state index is 4.83. The first-order valence-corrected chi connectivity index (χ1v) is 1.78. The van der Waals surface area contributed by atoms with Crippen LogP contribution in [0.25, 0.3) is 0 Å². The fourth-order valence-corrected chi connectivity index (χ4v) is 0.361. The van der Waals surface area contributed by atoms with Gasteiger partial charge in [0, 0.05) is 6.54 Å². The van der Waals surface area contributed by atoms with Crippen LogP contribution in [0.4, 0.5) is 4.70 Å². The van der Waals surface area contributed by atoms with E-state index in [1.54, 1.807) is 0 Å². The molecule has 0 unspecified atom stereocenters. The number of rotatable bonds is 0. The second-order valence-corrected chi connectivity index (χ2v) is 1.05. The minimum atomic E-state index is 0. The lowest BCUT2D eigenvalue weighted by atomic mass is 10.7. The van der Waals surface area contributed by atoms with E-state index in [4.69, 9.17) is 4.74 Å². The van der Waals surface area contributed by atoms with E-state index in [0.29, 0.717) is 0 Å². The number of halogens is 1. The Morgan fingerprint density at radius 2 is 2.33 bits per heavy atom. The molecule has 1 saturated heterocycles. The predicted molar refractivity (Wildman–Crippen MR) is 21.3 cm³/mol. The molecule has 0 saturated carbocycles. The molecule has 1 fully saturated rings. The third-order valence-corrected chi connectivity index (χ3v) is 0.627. The van der Waals surface area contributed by atoms with Gasteiger partial charge in [0.05, 0.1) is 13.3 Å². The second-order valence-electron chi connectivity index (χ2n) is 1.05. The summed E-state index contributed by atoms with van der Waals surface area (Å²) in [5.41, 5.74) is 0. The first-order valence-electron chi connectivity index (χ1n) is 1.78. The quantitative estimate of drug-likeness (QED) is 0.444. The van der Waals surface area contributed by atoms with Crippen molar-refractivity contribution in [3.63, 3.8) is 0 Å². The maximum Gasteiger partial charge on any atom is 0.0966 e. The van der Waals surface area contributed by atoms with E-state index in [1.807, 2.05) is 0 Å². The summed E-state index contributed by atoms with van der Waals surface area (Å²) in [6.45, 7) is 2.67. The van der Waals surface area contributed by atoms with Crippen LogP contribution in [0.2, 0.25) is 0 Å². The van der Waals surface area contributed by atoms with Gasteiger partial charge in [-0.15, -0.1) is 0 Å². The summed E-state index contributed by atoms with van der Waals surface area (Å²) >= 11 is 0. The van der Waals surface area contributed by atoms with Crippen LogP contribution in [0.3, 0.4) is 0 Å². The minimum absolute atomic E-state index is 0. The summed E-state index contributed by atoms with van der Waals surface area (Å²) in [5.74, 6) is 0. The van der Waals surface area contributed by atoms with Gasteiger partial charge in [-0.3, -0.25) is 10.0 Å². The normalized spacial score (nSPS) is 20.0. The fourth-order valence-electron chi connectivity index (χ4n) is 0.361. The number of ether oxygens (including phenoxy) is 1. The van der Waals surface area contributed by atoms with Gasteiger partial charge in [-0.2, -0.15) is 0 Å². The standard InChI is InChI=1S/C3H7NO.FH/c1-2-5-3-4-1;/h4H,1-3H2;1H. The predicted octanol–water partition coefficient (Wildman–Crippen LogP) is -0.284. The molecule has 0 atom stereocenters. The first-order chi connectivity index (χ1) is 2.50. The van der Waals surface area contributed by atoms with Crippen LogP contribution < -0.4 is 5.32 Å². The van der Waals surface area contributed by atoms with Crippen LogP contribution in [-0.2, 0) is 4.74 Å². The SMILES string of the molecule is C1COCN1.F. The van der Waals surface area contributed by atoms with Crippen LogP contribution in [0.5, 0.6) is 0 Å². The molecule has 1 aliphatic rings. The lowest BCUT2D eigenvalue weighted by Crippen LogP contribution is -2.05. The molecular formula is C3H8FNO. The Kier molecular flexibility index (Phi) is 2.98. The molecule has 0 aromatic heterocycles.